The van der Waals surface area contributed by atoms with Gasteiger partial charge in [0.1, 0.15) is 11.6 Å². The van der Waals surface area contributed by atoms with Crippen molar-refractivity contribution in [2.45, 2.75) is 33.2 Å². The summed E-state index contributed by atoms with van der Waals surface area (Å²) in [5, 5.41) is 6.19. The van der Waals surface area contributed by atoms with Crippen LogP contribution in [0, 0.1) is 17.6 Å². The number of hydrogen-bond donors (Lipinski definition) is 2. The first-order valence-corrected chi connectivity index (χ1v) is 6.99. The van der Waals surface area contributed by atoms with Crippen LogP contribution < -0.4 is 10.6 Å². The number of halogens is 3. The molecule has 0 heterocycles. The van der Waals surface area contributed by atoms with Gasteiger partial charge in [-0.25, -0.2) is 8.78 Å². The summed E-state index contributed by atoms with van der Waals surface area (Å²) in [4.78, 5) is 4.07. The second-order valence-corrected chi connectivity index (χ2v) is 4.72. The molecule has 0 saturated heterocycles. The van der Waals surface area contributed by atoms with Gasteiger partial charge in [0, 0.05) is 25.7 Å². The lowest BCUT2D eigenvalue weighted by Crippen LogP contribution is -2.39. The van der Waals surface area contributed by atoms with Gasteiger partial charge in [0.15, 0.2) is 5.96 Å². The molecular weight excluding hydrogens is 387 g/mol. The molecule has 21 heavy (non-hydrogen) atoms. The Hall–Kier alpha value is -0.920. The second kappa shape index (κ2) is 10.8. The number of benzene rings is 1. The zero-order valence-corrected chi connectivity index (χ0v) is 15.1. The fourth-order valence-electron chi connectivity index (χ4n) is 1.90. The van der Waals surface area contributed by atoms with E-state index in [1.807, 2.05) is 0 Å². The third-order valence-corrected chi connectivity index (χ3v) is 3.39. The number of aliphatic imine (C=N–C) groups is 1. The quantitative estimate of drug-likeness (QED) is 0.426. The lowest BCUT2D eigenvalue weighted by Gasteiger charge is -2.16. The zero-order chi connectivity index (χ0) is 15.0. The van der Waals surface area contributed by atoms with Crippen LogP contribution in [-0.2, 0) is 6.54 Å². The molecule has 1 aromatic rings. The van der Waals surface area contributed by atoms with Gasteiger partial charge in [-0.1, -0.05) is 26.7 Å². The first-order chi connectivity index (χ1) is 9.60. The molecule has 0 fully saturated rings. The Balaban J connectivity index is 0.00000400. The first kappa shape index (κ1) is 20.1. The smallest absolute Gasteiger partial charge is 0.191 e. The van der Waals surface area contributed by atoms with Gasteiger partial charge >= 0.3 is 0 Å². The molecule has 3 nitrogen and oxygen atoms in total. The van der Waals surface area contributed by atoms with Crippen molar-refractivity contribution in [3.05, 3.63) is 35.4 Å². The van der Waals surface area contributed by atoms with Gasteiger partial charge in [-0.3, -0.25) is 4.99 Å². The zero-order valence-electron chi connectivity index (χ0n) is 12.7. The van der Waals surface area contributed by atoms with Gasteiger partial charge in [-0.15, -0.1) is 24.0 Å². The first-order valence-electron chi connectivity index (χ1n) is 6.99. The van der Waals surface area contributed by atoms with Crippen molar-refractivity contribution in [1.29, 1.82) is 0 Å². The normalized spacial score (nSPS) is 11.2. The molecule has 0 bridgehead atoms. The Kier molecular flexibility index (Phi) is 10.3. The molecule has 0 atom stereocenters. The highest BCUT2D eigenvalue weighted by Crippen LogP contribution is 2.09. The molecule has 0 aromatic heterocycles. The highest BCUT2D eigenvalue weighted by Gasteiger charge is 2.07. The predicted molar refractivity (Wildman–Crippen MR) is 94.0 cm³/mol. The lowest BCUT2D eigenvalue weighted by atomic mass is 10.0. The summed E-state index contributed by atoms with van der Waals surface area (Å²) in [5.74, 6) is 0.317. The Bertz CT molecular complexity index is 449. The number of guanidine groups is 1. The summed E-state index contributed by atoms with van der Waals surface area (Å²) >= 11 is 0. The third kappa shape index (κ3) is 7.06. The summed E-state index contributed by atoms with van der Waals surface area (Å²) in [6, 6.07) is 3.43. The van der Waals surface area contributed by atoms with E-state index in [0.717, 1.165) is 31.5 Å². The van der Waals surface area contributed by atoms with Crippen LogP contribution >= 0.6 is 24.0 Å². The summed E-state index contributed by atoms with van der Waals surface area (Å²) in [7, 11) is 1.66. The van der Waals surface area contributed by atoms with Crippen LogP contribution in [0.25, 0.3) is 0 Å². The summed E-state index contributed by atoms with van der Waals surface area (Å²) in [5.41, 5.74) is 0.287. The maximum atomic E-state index is 13.5. The highest BCUT2D eigenvalue weighted by molar-refractivity contribution is 14.0. The minimum absolute atomic E-state index is 0. The molecule has 6 heteroatoms. The number of hydrogen-bond acceptors (Lipinski definition) is 1. The van der Waals surface area contributed by atoms with Crippen molar-refractivity contribution >= 4 is 29.9 Å². The topological polar surface area (TPSA) is 36.4 Å². The molecule has 0 unspecified atom stereocenters. The maximum Gasteiger partial charge on any atom is 0.191 e. The monoisotopic (exact) mass is 411 g/mol. The number of nitrogens with zero attached hydrogens (tertiary/aromatic N) is 1. The van der Waals surface area contributed by atoms with Crippen LogP contribution in [0.2, 0.25) is 0 Å². The van der Waals surface area contributed by atoms with Gasteiger partial charge in [0.2, 0.25) is 0 Å². The van der Waals surface area contributed by atoms with E-state index in [1.54, 1.807) is 7.05 Å². The van der Waals surface area contributed by atoms with Crippen molar-refractivity contribution in [2.75, 3.05) is 13.6 Å². The van der Waals surface area contributed by atoms with Crippen LogP contribution in [0.1, 0.15) is 32.3 Å². The van der Waals surface area contributed by atoms with Crippen LogP contribution in [0.5, 0.6) is 0 Å². The van der Waals surface area contributed by atoms with Crippen LogP contribution in [0.4, 0.5) is 8.78 Å². The van der Waals surface area contributed by atoms with Crippen molar-refractivity contribution < 1.29 is 8.78 Å². The van der Waals surface area contributed by atoms with E-state index in [4.69, 9.17) is 0 Å². The minimum Gasteiger partial charge on any atom is -0.356 e. The molecule has 1 aromatic carbocycles. The Morgan fingerprint density at radius 3 is 2.43 bits per heavy atom. The van der Waals surface area contributed by atoms with E-state index in [-0.39, 0.29) is 36.1 Å². The predicted octanol–water partition coefficient (Wildman–Crippen LogP) is 3.68. The summed E-state index contributed by atoms with van der Waals surface area (Å²) in [6.07, 6.45) is 2.19. The van der Waals surface area contributed by atoms with E-state index in [1.165, 1.54) is 6.07 Å². The molecule has 0 aliphatic heterocycles. The van der Waals surface area contributed by atoms with Crippen LogP contribution in [-0.4, -0.2) is 19.6 Å². The van der Waals surface area contributed by atoms with Crippen molar-refractivity contribution in [1.82, 2.24) is 10.6 Å². The molecule has 0 aliphatic carbocycles. The molecule has 0 spiro atoms. The molecule has 120 valence electrons. The maximum absolute atomic E-state index is 13.5. The lowest BCUT2D eigenvalue weighted by molar-refractivity contribution is 0.481. The molecule has 0 aliphatic rings. The SMILES string of the molecule is CCC(CC)CNC(=NC)NCc1cc(F)ccc1F.I. The van der Waals surface area contributed by atoms with Gasteiger partial charge in [-0.2, -0.15) is 0 Å². The van der Waals surface area contributed by atoms with Crippen LogP contribution in [0.15, 0.2) is 23.2 Å². The average Bonchev–Trinajstić information content (AvgIpc) is 2.46. The molecule has 1 rings (SSSR count). The number of nitrogens with one attached hydrogen (secondary N) is 2. The number of rotatable bonds is 6. The van der Waals surface area contributed by atoms with E-state index < -0.39 is 11.6 Å². The van der Waals surface area contributed by atoms with Gasteiger partial charge in [0.25, 0.3) is 0 Å². The third-order valence-electron chi connectivity index (χ3n) is 3.39. The fourth-order valence-corrected chi connectivity index (χ4v) is 1.90. The van der Waals surface area contributed by atoms with E-state index in [0.29, 0.717) is 11.9 Å². The fraction of sp³-hybridized carbons (Fsp3) is 0.533. The average molecular weight is 411 g/mol. The molecule has 0 amide bonds. The largest absolute Gasteiger partial charge is 0.356 e. The molecular formula is C15H24F2IN3. The van der Waals surface area contributed by atoms with E-state index in [2.05, 4.69) is 29.5 Å². The summed E-state index contributed by atoms with van der Waals surface area (Å²) in [6.45, 7) is 5.31. The van der Waals surface area contributed by atoms with E-state index >= 15 is 0 Å². The van der Waals surface area contributed by atoms with E-state index in [9.17, 15) is 8.78 Å². The minimum atomic E-state index is -0.442. The van der Waals surface area contributed by atoms with Crippen molar-refractivity contribution in [2.24, 2.45) is 10.9 Å². The summed E-state index contributed by atoms with van der Waals surface area (Å²) < 4.78 is 26.5. The second-order valence-electron chi connectivity index (χ2n) is 4.72. The molecule has 0 saturated carbocycles. The Morgan fingerprint density at radius 2 is 1.86 bits per heavy atom. The van der Waals surface area contributed by atoms with Gasteiger partial charge < -0.3 is 10.6 Å². The van der Waals surface area contributed by atoms with Crippen molar-refractivity contribution in [3.8, 4) is 0 Å². The molecule has 2 N–H and O–H groups in total. The standard InChI is InChI=1S/C15H23F2N3.HI/c1-4-11(5-2)9-19-15(18-3)20-10-12-8-13(16)6-7-14(12)17;/h6-8,11H,4-5,9-10H2,1-3H3,(H2,18,19,20);1H. The van der Waals surface area contributed by atoms with Gasteiger partial charge in [-0.05, 0) is 24.1 Å². The van der Waals surface area contributed by atoms with Crippen molar-refractivity contribution in [3.63, 3.8) is 0 Å². The Labute approximate surface area is 142 Å². The Morgan fingerprint density at radius 1 is 1.19 bits per heavy atom. The van der Waals surface area contributed by atoms with Crippen LogP contribution in [0.3, 0.4) is 0 Å². The molecule has 0 radical (unpaired) electrons. The van der Waals surface area contributed by atoms with Gasteiger partial charge in [0.05, 0.1) is 0 Å². The highest BCUT2D eigenvalue weighted by atomic mass is 127.